The number of unbranched alkanes of at least 4 members (excludes halogenated alkanes) is 4. The van der Waals surface area contributed by atoms with Crippen LogP contribution >= 0.6 is 0 Å². The molecule has 0 fully saturated rings. The van der Waals surface area contributed by atoms with E-state index in [4.69, 9.17) is 0 Å². The Morgan fingerprint density at radius 1 is 0.880 bits per heavy atom. The van der Waals surface area contributed by atoms with Crippen LogP contribution in [-0.4, -0.2) is 15.5 Å². The van der Waals surface area contributed by atoms with Crippen LogP contribution in [0.25, 0.3) is 0 Å². The normalized spacial score (nSPS) is 14.4. The summed E-state index contributed by atoms with van der Waals surface area (Å²) >= 11 is 0. The molecule has 0 saturated heterocycles. The quantitative estimate of drug-likeness (QED) is 0.303. The maximum atomic E-state index is 11.6. The first-order chi connectivity index (χ1) is 11.9. The summed E-state index contributed by atoms with van der Waals surface area (Å²) in [7, 11) is -2.39. The summed E-state index contributed by atoms with van der Waals surface area (Å²) in [6.45, 7) is 6.85. The largest absolute Gasteiger partial charge is 0.296 e. The predicted molar refractivity (Wildman–Crippen MR) is 105 cm³/mol. The molecule has 144 valence electrons. The van der Waals surface area contributed by atoms with Gasteiger partial charge in [-0.1, -0.05) is 84.3 Å². The van der Waals surface area contributed by atoms with Crippen molar-refractivity contribution in [3.8, 4) is 0 Å². The second-order valence-electron chi connectivity index (χ2n) is 7.33. The monoisotopic (exact) mass is 368 g/mol. The molecular formula is C21H36O3S. The van der Waals surface area contributed by atoms with Crippen molar-refractivity contribution in [2.24, 2.45) is 5.92 Å². The Bertz CT molecular complexity index is 563. The Labute approximate surface area is 155 Å². The zero-order chi connectivity index (χ0) is 18.7. The highest BCUT2D eigenvalue weighted by molar-refractivity contribution is 7.86. The van der Waals surface area contributed by atoms with Gasteiger partial charge in [0.2, 0.25) is 0 Å². The van der Waals surface area contributed by atoms with Crippen molar-refractivity contribution >= 4 is 10.1 Å². The van der Waals surface area contributed by atoms with Crippen molar-refractivity contribution in [3.63, 3.8) is 0 Å². The Hall–Kier alpha value is -0.870. The Morgan fingerprint density at radius 3 is 2.00 bits per heavy atom. The van der Waals surface area contributed by atoms with Crippen LogP contribution in [0.5, 0.6) is 0 Å². The number of hydrogen-bond acceptors (Lipinski definition) is 3. The average molecular weight is 369 g/mol. The lowest BCUT2D eigenvalue weighted by atomic mass is 9.94. The molecule has 0 aromatic heterocycles. The topological polar surface area (TPSA) is 43.4 Å². The van der Waals surface area contributed by atoms with Gasteiger partial charge in [0, 0.05) is 0 Å². The molecule has 0 aliphatic carbocycles. The van der Waals surface area contributed by atoms with Crippen LogP contribution in [0.2, 0.25) is 0 Å². The maximum absolute atomic E-state index is 11.6. The first-order valence-corrected chi connectivity index (χ1v) is 11.2. The van der Waals surface area contributed by atoms with Gasteiger partial charge in [-0.15, -0.1) is 0 Å². The van der Waals surface area contributed by atoms with Crippen LogP contribution < -0.4 is 0 Å². The van der Waals surface area contributed by atoms with Crippen LogP contribution in [0.15, 0.2) is 29.2 Å². The van der Waals surface area contributed by atoms with E-state index in [-0.39, 0.29) is 4.90 Å². The van der Waals surface area contributed by atoms with E-state index in [9.17, 15) is 8.42 Å². The van der Waals surface area contributed by atoms with E-state index >= 15 is 0 Å². The van der Waals surface area contributed by atoms with Crippen LogP contribution in [-0.2, 0) is 14.3 Å². The van der Waals surface area contributed by atoms with Crippen LogP contribution in [0.4, 0.5) is 0 Å². The van der Waals surface area contributed by atoms with Gasteiger partial charge in [0.25, 0.3) is 10.1 Å². The lowest BCUT2D eigenvalue weighted by Crippen LogP contribution is -2.03. The second-order valence-corrected chi connectivity index (χ2v) is 9.04. The fourth-order valence-corrected chi connectivity index (χ4v) is 4.00. The summed E-state index contributed by atoms with van der Waals surface area (Å²) in [6.07, 6.45) is 11.8. The summed E-state index contributed by atoms with van der Waals surface area (Å²) in [5.41, 5.74) is 1.20. The molecule has 0 bridgehead atoms. The van der Waals surface area contributed by atoms with Gasteiger partial charge in [-0.2, -0.15) is 8.42 Å². The number of benzene rings is 1. The predicted octanol–water partition coefficient (Wildman–Crippen LogP) is 6.29. The minimum atomic E-state index is -3.58. The van der Waals surface area contributed by atoms with E-state index in [1.165, 1.54) is 64.0 Å². The molecule has 0 radical (unpaired) electrons. The van der Waals surface area contributed by atoms with Gasteiger partial charge < -0.3 is 0 Å². The van der Waals surface area contributed by atoms with Crippen molar-refractivity contribution in [1.82, 2.24) is 0 Å². The average Bonchev–Trinajstić information content (AvgIpc) is 2.61. The molecule has 1 aromatic rings. The van der Waals surface area contributed by atoms with Crippen LogP contribution in [0.3, 0.4) is 0 Å². The fourth-order valence-electron chi connectivity index (χ4n) is 3.34. The van der Waals surface area contributed by atoms with Gasteiger partial charge in [-0.25, -0.2) is 0 Å². The molecule has 0 heterocycles. The molecule has 0 N–H and O–H groups in total. The number of rotatable bonds is 13. The maximum Gasteiger partial charge on any atom is 0.296 e. The minimum Gasteiger partial charge on any atom is -0.270 e. The van der Waals surface area contributed by atoms with E-state index in [0.29, 0.717) is 5.92 Å². The molecule has 0 amide bonds. The van der Waals surface area contributed by atoms with Crippen LogP contribution in [0, 0.1) is 5.92 Å². The molecule has 0 aliphatic rings. The molecular weight excluding hydrogens is 332 g/mol. The lowest BCUT2D eigenvalue weighted by Gasteiger charge is -2.13. The summed E-state index contributed by atoms with van der Waals surface area (Å²) in [4.78, 5) is 0.225. The molecule has 0 aliphatic heterocycles. The Kier molecular flexibility index (Phi) is 10.4. The van der Waals surface area contributed by atoms with Gasteiger partial charge in [0.15, 0.2) is 0 Å². The molecule has 1 aromatic carbocycles. The molecule has 0 saturated carbocycles. The third kappa shape index (κ3) is 8.37. The highest BCUT2D eigenvalue weighted by Gasteiger charge is 2.13. The summed E-state index contributed by atoms with van der Waals surface area (Å²) in [5.74, 6) is 1.35. The van der Waals surface area contributed by atoms with Crippen molar-refractivity contribution in [1.29, 1.82) is 0 Å². The third-order valence-electron chi connectivity index (χ3n) is 5.07. The van der Waals surface area contributed by atoms with Gasteiger partial charge in [-0.05, 0) is 36.0 Å². The molecule has 2 unspecified atom stereocenters. The third-order valence-corrected chi connectivity index (χ3v) is 6.36. The van der Waals surface area contributed by atoms with E-state index in [1.54, 1.807) is 12.1 Å². The summed E-state index contributed by atoms with van der Waals surface area (Å²) < 4.78 is 27.8. The second kappa shape index (κ2) is 11.7. The van der Waals surface area contributed by atoms with Gasteiger partial charge in [0.05, 0.1) is 12.0 Å². The van der Waals surface area contributed by atoms with Gasteiger partial charge >= 0.3 is 0 Å². The molecule has 4 heteroatoms. The first kappa shape index (κ1) is 22.2. The Morgan fingerprint density at radius 2 is 1.44 bits per heavy atom. The Balaban J connectivity index is 2.23. The van der Waals surface area contributed by atoms with Gasteiger partial charge in [0.1, 0.15) is 0 Å². The highest BCUT2D eigenvalue weighted by Crippen LogP contribution is 2.24. The molecule has 3 nitrogen and oxygen atoms in total. The fraction of sp³-hybridized carbons (Fsp3) is 0.714. The van der Waals surface area contributed by atoms with Crippen molar-refractivity contribution in [2.45, 2.75) is 89.4 Å². The molecule has 1 rings (SSSR count). The summed E-state index contributed by atoms with van der Waals surface area (Å²) in [5, 5.41) is 0. The van der Waals surface area contributed by atoms with Crippen LogP contribution in [0.1, 0.15) is 90.0 Å². The molecule has 25 heavy (non-hydrogen) atoms. The molecule has 2 atom stereocenters. The van der Waals surface area contributed by atoms with Crippen molar-refractivity contribution < 1.29 is 12.6 Å². The SMILES string of the molecule is CCCC(C)CCCCCCCC(C)c1ccc(S(=O)(=O)OC)cc1. The smallest absolute Gasteiger partial charge is 0.270 e. The highest BCUT2D eigenvalue weighted by atomic mass is 32.2. The van der Waals surface area contributed by atoms with E-state index in [1.807, 2.05) is 12.1 Å². The standard InChI is InChI=1S/C21H36O3S/c1-5-11-18(2)12-9-7-6-8-10-13-19(3)20-14-16-21(17-15-20)25(22,23)24-4/h14-19H,5-13H2,1-4H3. The van der Waals surface area contributed by atoms with Crippen molar-refractivity contribution in [3.05, 3.63) is 29.8 Å². The minimum absolute atomic E-state index is 0.225. The first-order valence-electron chi connectivity index (χ1n) is 9.81. The number of hydrogen-bond donors (Lipinski definition) is 0. The summed E-state index contributed by atoms with van der Waals surface area (Å²) in [6, 6.07) is 7.10. The van der Waals surface area contributed by atoms with E-state index in [2.05, 4.69) is 25.0 Å². The van der Waals surface area contributed by atoms with E-state index < -0.39 is 10.1 Å². The van der Waals surface area contributed by atoms with Crippen molar-refractivity contribution in [2.75, 3.05) is 7.11 Å². The molecule has 0 spiro atoms. The lowest BCUT2D eigenvalue weighted by molar-refractivity contribution is 0.397. The van der Waals surface area contributed by atoms with Gasteiger partial charge in [-0.3, -0.25) is 4.18 Å². The zero-order valence-electron chi connectivity index (χ0n) is 16.5. The zero-order valence-corrected chi connectivity index (χ0v) is 17.3. The van der Waals surface area contributed by atoms with E-state index in [0.717, 1.165) is 12.3 Å².